The Kier molecular flexibility index (Phi) is 5.37. The summed E-state index contributed by atoms with van der Waals surface area (Å²) in [7, 11) is 3.02. The molecule has 152 valence electrons. The number of hydrogen-bond donors (Lipinski definition) is 2. The van der Waals surface area contributed by atoms with Crippen LogP contribution in [0.3, 0.4) is 0 Å². The molecule has 2 aliphatic rings. The van der Waals surface area contributed by atoms with Gasteiger partial charge in [0.2, 0.25) is 0 Å². The first kappa shape index (κ1) is 19.8. The van der Waals surface area contributed by atoms with Crippen molar-refractivity contribution in [1.29, 1.82) is 0 Å². The topological polar surface area (TPSA) is 97.6 Å². The summed E-state index contributed by atoms with van der Waals surface area (Å²) in [5.74, 6) is 1.57. The normalized spacial score (nSPS) is 10.9. The van der Waals surface area contributed by atoms with E-state index in [1.54, 1.807) is 25.3 Å². The predicted molar refractivity (Wildman–Crippen MR) is 118 cm³/mol. The maximum atomic E-state index is 12.0. The van der Waals surface area contributed by atoms with Crippen LogP contribution in [0.2, 0.25) is 0 Å². The summed E-state index contributed by atoms with van der Waals surface area (Å²) in [6.07, 6.45) is 0. The fourth-order valence-electron chi connectivity index (χ4n) is 3.39. The Bertz CT molecular complexity index is 1280. The minimum absolute atomic E-state index is 0.142. The van der Waals surface area contributed by atoms with Gasteiger partial charge in [-0.05, 0) is 36.4 Å². The molecule has 1 aliphatic carbocycles. The molecule has 7 nitrogen and oxygen atoms in total. The number of fused-ring (bicyclic) bond motifs is 2. The highest BCUT2D eigenvalue weighted by Crippen LogP contribution is 2.44. The van der Waals surface area contributed by atoms with Gasteiger partial charge in [0.1, 0.15) is 17.1 Å². The monoisotopic (exact) mass is 423 g/mol. The molecule has 1 heterocycles. The van der Waals surface area contributed by atoms with Gasteiger partial charge >= 0.3 is 0 Å². The van der Waals surface area contributed by atoms with E-state index < -0.39 is 0 Å². The van der Waals surface area contributed by atoms with E-state index >= 15 is 0 Å². The van der Waals surface area contributed by atoms with E-state index in [9.17, 15) is 4.79 Å². The molecule has 0 amide bonds. The van der Waals surface area contributed by atoms with Crippen LogP contribution in [0, 0.1) is 0 Å². The summed E-state index contributed by atoms with van der Waals surface area (Å²) < 4.78 is 11.3. The average molecular weight is 423 g/mol. The highest BCUT2D eigenvalue weighted by molar-refractivity contribution is 7.80. The number of hydrogen-bond acceptors (Lipinski definition) is 6. The highest BCUT2D eigenvalue weighted by atomic mass is 32.1. The number of nitrogens with one attached hydrogen (secondary N) is 1. The van der Waals surface area contributed by atoms with E-state index in [1.807, 2.05) is 24.3 Å². The third kappa shape index (κ3) is 3.71. The Morgan fingerprint density at radius 2 is 1.83 bits per heavy atom. The Labute approximate surface area is 177 Å². The maximum absolute atomic E-state index is 12.0. The van der Waals surface area contributed by atoms with Gasteiger partial charge < -0.3 is 25.1 Å². The summed E-state index contributed by atoms with van der Waals surface area (Å²) in [4.78, 5) is 22.4. The third-order valence-corrected chi connectivity index (χ3v) is 4.71. The second kappa shape index (κ2) is 8.11. The van der Waals surface area contributed by atoms with Crippen molar-refractivity contribution in [3.05, 3.63) is 64.8 Å². The Balaban J connectivity index is 2.05. The largest absolute Gasteiger partial charge is 0.497 e. The van der Waals surface area contributed by atoms with Gasteiger partial charge in [-0.1, -0.05) is 0 Å². The van der Waals surface area contributed by atoms with Crippen molar-refractivity contribution in [2.45, 2.75) is 0 Å². The quantitative estimate of drug-likeness (QED) is 0.220. The second-order valence-corrected chi connectivity index (χ2v) is 7.00. The standard InChI is InChI=1S/C22H18N2O5S/c1-26-14-5-8-16-19(11-14)28-18-10-13(25)4-7-15(18)21(16)17-6-3-12(24-22(23)30)9-20(17)29-27-2/h3-11H,1-2H3,(H3,23,24,30)/p+1. The van der Waals surface area contributed by atoms with Gasteiger partial charge in [-0.15, -0.1) is 0 Å². The molecular weight excluding hydrogens is 404 g/mol. The second-order valence-electron chi connectivity index (χ2n) is 6.51. The lowest BCUT2D eigenvalue weighted by atomic mass is 9.93. The van der Waals surface area contributed by atoms with E-state index in [1.165, 1.54) is 19.2 Å². The first-order valence-corrected chi connectivity index (χ1v) is 9.43. The molecule has 0 saturated heterocycles. The molecule has 30 heavy (non-hydrogen) atoms. The molecule has 2 aromatic carbocycles. The molecule has 8 heteroatoms. The van der Waals surface area contributed by atoms with Gasteiger partial charge in [0.05, 0.1) is 14.2 Å². The molecule has 2 aromatic rings. The Morgan fingerprint density at radius 3 is 2.57 bits per heavy atom. The third-order valence-electron chi connectivity index (χ3n) is 4.61. The highest BCUT2D eigenvalue weighted by Gasteiger charge is 2.21. The van der Waals surface area contributed by atoms with E-state index in [4.69, 9.17) is 31.1 Å². The molecular formula is C22H19N2O5S+. The molecule has 4 rings (SSSR count). The van der Waals surface area contributed by atoms with Crippen LogP contribution in [0.15, 0.2) is 63.8 Å². The van der Waals surface area contributed by atoms with Gasteiger partial charge in [0, 0.05) is 58.2 Å². The maximum Gasteiger partial charge on any atom is 0.269 e. The zero-order valence-electron chi connectivity index (χ0n) is 16.4. The summed E-state index contributed by atoms with van der Waals surface area (Å²) in [6.45, 7) is 0. The average Bonchev–Trinajstić information content (AvgIpc) is 2.72. The lowest BCUT2D eigenvalue weighted by Crippen LogP contribution is -2.59. The fourth-order valence-corrected chi connectivity index (χ4v) is 3.51. The van der Waals surface area contributed by atoms with Gasteiger partial charge in [-0.25, -0.2) is 0 Å². The van der Waals surface area contributed by atoms with Crippen LogP contribution in [0.25, 0.3) is 33.4 Å². The van der Waals surface area contributed by atoms with E-state index in [0.717, 1.165) is 22.1 Å². The first-order chi connectivity index (χ1) is 14.5. The molecule has 0 aromatic heterocycles. The minimum Gasteiger partial charge on any atom is -0.497 e. The van der Waals surface area contributed by atoms with Crippen LogP contribution in [-0.2, 0) is 4.89 Å². The van der Waals surface area contributed by atoms with Crippen LogP contribution < -0.4 is 26.1 Å². The van der Waals surface area contributed by atoms with Crippen molar-refractivity contribution in [3.8, 4) is 33.9 Å². The van der Waals surface area contributed by atoms with Crippen molar-refractivity contribution in [2.24, 2.45) is 0 Å². The number of benzene rings is 3. The van der Waals surface area contributed by atoms with Crippen molar-refractivity contribution >= 4 is 34.0 Å². The first-order valence-electron chi connectivity index (χ1n) is 9.03. The summed E-state index contributed by atoms with van der Waals surface area (Å²) >= 11 is 5.03. The van der Waals surface area contributed by atoms with Crippen molar-refractivity contribution in [2.75, 3.05) is 19.5 Å². The van der Waals surface area contributed by atoms with E-state index in [2.05, 4.69) is 11.1 Å². The molecule has 0 spiro atoms. The van der Waals surface area contributed by atoms with Gasteiger partial charge in [0.15, 0.2) is 11.2 Å². The number of quaternary nitrogens is 1. The smallest absolute Gasteiger partial charge is 0.269 e. The Hall–Kier alpha value is -3.46. The minimum atomic E-state index is -0.142. The fraction of sp³-hybridized carbons (Fsp3) is 0.0909. The van der Waals surface area contributed by atoms with E-state index in [0.29, 0.717) is 33.6 Å². The SMILES string of the molecule is COOc1cc(NC([NH3+])=S)ccc1-c1c2ccc(=O)cc-2oc2cc(OC)ccc12. The lowest BCUT2D eigenvalue weighted by Gasteiger charge is -2.18. The van der Waals surface area contributed by atoms with Crippen molar-refractivity contribution < 1.29 is 24.7 Å². The number of rotatable bonds is 5. The molecule has 1 aliphatic heterocycles. The van der Waals surface area contributed by atoms with Crippen molar-refractivity contribution in [3.63, 3.8) is 0 Å². The molecule has 0 atom stereocenters. The number of methoxy groups -OCH3 is 1. The molecule has 0 saturated carbocycles. The van der Waals surface area contributed by atoms with Gasteiger partial charge in [-0.2, -0.15) is 4.89 Å². The van der Waals surface area contributed by atoms with Gasteiger partial charge in [0.25, 0.3) is 5.11 Å². The molecule has 0 radical (unpaired) electrons. The summed E-state index contributed by atoms with van der Waals surface area (Å²) in [5, 5.41) is 4.20. The summed E-state index contributed by atoms with van der Waals surface area (Å²) in [5.41, 5.74) is 7.20. The predicted octanol–water partition coefficient (Wildman–Crippen LogP) is 3.45. The summed E-state index contributed by atoms with van der Waals surface area (Å²) in [6, 6.07) is 15.8. The van der Waals surface area contributed by atoms with Gasteiger partial charge in [-0.3, -0.25) is 4.79 Å². The van der Waals surface area contributed by atoms with Crippen LogP contribution in [0.1, 0.15) is 0 Å². The molecule has 0 unspecified atom stereocenters. The number of thiocarbonyl (C=S) groups is 1. The van der Waals surface area contributed by atoms with Crippen LogP contribution in [0.4, 0.5) is 5.69 Å². The van der Waals surface area contributed by atoms with Crippen molar-refractivity contribution in [1.82, 2.24) is 0 Å². The van der Waals surface area contributed by atoms with Crippen LogP contribution in [-0.4, -0.2) is 19.3 Å². The van der Waals surface area contributed by atoms with Crippen LogP contribution >= 0.6 is 12.2 Å². The number of ether oxygens (including phenoxy) is 1. The molecule has 4 N–H and O–H groups in total. The van der Waals surface area contributed by atoms with E-state index in [-0.39, 0.29) is 5.43 Å². The molecule has 0 fully saturated rings. The zero-order valence-corrected chi connectivity index (χ0v) is 17.2. The lowest BCUT2D eigenvalue weighted by molar-refractivity contribution is -0.208. The molecule has 0 bridgehead atoms. The number of anilines is 1. The zero-order chi connectivity index (χ0) is 21.3. The van der Waals surface area contributed by atoms with Crippen LogP contribution in [0.5, 0.6) is 11.5 Å². The Morgan fingerprint density at radius 1 is 1.03 bits per heavy atom.